The number of rotatable bonds is 9. The van der Waals surface area contributed by atoms with Gasteiger partial charge in [-0.15, -0.1) is 0 Å². The largest absolute Gasteiger partial charge is 0.355 e. The molecular weight excluding hydrogens is 442 g/mol. The molecule has 35 heavy (non-hydrogen) atoms. The smallest absolute Gasteiger partial charge is 0.271 e. The highest BCUT2D eigenvalue weighted by Crippen LogP contribution is 2.35. The molecule has 1 aromatic heterocycles. The first-order chi connectivity index (χ1) is 16.9. The van der Waals surface area contributed by atoms with Gasteiger partial charge in [0.15, 0.2) is 5.69 Å². The van der Waals surface area contributed by atoms with E-state index in [4.69, 9.17) is 0 Å². The maximum atomic E-state index is 13.5. The number of fused-ring (bicyclic) bond motifs is 1. The Bertz CT molecular complexity index is 915. The molecule has 0 spiro atoms. The zero-order valence-electron chi connectivity index (χ0n) is 21.8. The fourth-order valence-electron chi connectivity index (χ4n) is 5.65. The van der Waals surface area contributed by atoms with Crippen molar-refractivity contribution in [3.05, 3.63) is 24.0 Å². The maximum Gasteiger partial charge on any atom is 0.271 e. The summed E-state index contributed by atoms with van der Waals surface area (Å²) in [6.45, 7) is 18.5. The molecule has 1 saturated carbocycles. The van der Waals surface area contributed by atoms with Crippen LogP contribution in [-0.2, 0) is 11.3 Å². The van der Waals surface area contributed by atoms with Crippen molar-refractivity contribution in [2.24, 2.45) is 0 Å². The van der Waals surface area contributed by atoms with Crippen molar-refractivity contribution in [3.63, 3.8) is 0 Å². The molecule has 2 amide bonds. The van der Waals surface area contributed by atoms with E-state index in [-0.39, 0.29) is 17.9 Å². The van der Waals surface area contributed by atoms with Crippen molar-refractivity contribution in [1.82, 2.24) is 35.1 Å². The molecule has 9 heteroatoms. The minimum atomic E-state index is -0.789. The molecule has 4 rings (SSSR count). The van der Waals surface area contributed by atoms with Gasteiger partial charge in [0.25, 0.3) is 5.91 Å². The first-order valence-electron chi connectivity index (χ1n) is 13.4. The summed E-state index contributed by atoms with van der Waals surface area (Å²) in [5.74, 6) is -0.152. The molecule has 1 atom stereocenters. The average molecular weight is 486 g/mol. The summed E-state index contributed by atoms with van der Waals surface area (Å²) in [5, 5.41) is 10.9. The number of piperazine rings is 1. The van der Waals surface area contributed by atoms with Crippen molar-refractivity contribution in [1.29, 1.82) is 0 Å². The standard InChI is InChI=1S/C26H43N7O2/c1-5-12-32-20(3)23-18-22(24(34)27-11-13-31-16-14-30(6-2)15-17-31)29-33(23)19-26(32,4)25(35)28-21-9-7-8-10-21/h18,21H,3,5-17,19H2,1-2,4H3,(H,27,34)(H,28,35). The number of likely N-dealkylation sites (N-methyl/N-ethyl adjacent to an activating group) is 1. The Labute approximate surface area is 209 Å². The van der Waals surface area contributed by atoms with E-state index in [1.807, 2.05) is 13.0 Å². The molecule has 0 aromatic carbocycles. The number of carbonyl (C=O) groups excluding carboxylic acids is 2. The zero-order valence-corrected chi connectivity index (χ0v) is 21.8. The van der Waals surface area contributed by atoms with E-state index in [2.05, 4.69) is 50.9 Å². The Hall–Kier alpha value is -2.39. The van der Waals surface area contributed by atoms with Crippen LogP contribution in [0.3, 0.4) is 0 Å². The Balaban J connectivity index is 1.40. The second-order valence-corrected chi connectivity index (χ2v) is 10.4. The number of nitrogens with one attached hydrogen (secondary N) is 2. The summed E-state index contributed by atoms with van der Waals surface area (Å²) >= 11 is 0. The lowest BCUT2D eigenvalue weighted by Gasteiger charge is -2.46. The van der Waals surface area contributed by atoms with Gasteiger partial charge in [-0.1, -0.05) is 33.3 Å². The molecule has 2 fully saturated rings. The van der Waals surface area contributed by atoms with Gasteiger partial charge in [0, 0.05) is 51.9 Å². The molecule has 1 aromatic rings. The fourth-order valence-corrected chi connectivity index (χ4v) is 5.65. The van der Waals surface area contributed by atoms with Crippen LogP contribution in [0.25, 0.3) is 5.70 Å². The highest BCUT2D eigenvalue weighted by molar-refractivity contribution is 5.94. The first kappa shape index (κ1) is 25.7. The zero-order chi connectivity index (χ0) is 25.0. The van der Waals surface area contributed by atoms with Gasteiger partial charge in [-0.2, -0.15) is 5.10 Å². The molecule has 194 valence electrons. The Morgan fingerprint density at radius 1 is 1.11 bits per heavy atom. The Morgan fingerprint density at radius 2 is 1.80 bits per heavy atom. The minimum absolute atomic E-state index is 0.0225. The van der Waals surface area contributed by atoms with E-state index in [1.165, 1.54) is 12.8 Å². The normalized spacial score (nSPS) is 24.0. The van der Waals surface area contributed by atoms with Crippen LogP contribution in [0.2, 0.25) is 0 Å². The van der Waals surface area contributed by atoms with Gasteiger partial charge in [-0.3, -0.25) is 19.2 Å². The Kier molecular flexibility index (Phi) is 8.16. The number of amides is 2. The molecule has 9 nitrogen and oxygen atoms in total. The molecule has 3 heterocycles. The number of carbonyl (C=O) groups is 2. The topological polar surface area (TPSA) is 85.7 Å². The third kappa shape index (κ3) is 5.56. The van der Waals surface area contributed by atoms with Crippen molar-refractivity contribution in [2.75, 3.05) is 52.4 Å². The van der Waals surface area contributed by atoms with E-state index in [0.717, 1.165) is 76.5 Å². The molecule has 2 aliphatic heterocycles. The molecule has 0 bridgehead atoms. The van der Waals surface area contributed by atoms with Gasteiger partial charge in [-0.25, -0.2) is 0 Å². The molecule has 1 aliphatic carbocycles. The van der Waals surface area contributed by atoms with E-state index in [9.17, 15) is 9.59 Å². The number of nitrogens with zero attached hydrogens (tertiary/aromatic N) is 5. The first-order valence-corrected chi connectivity index (χ1v) is 13.4. The van der Waals surface area contributed by atoms with E-state index >= 15 is 0 Å². The van der Waals surface area contributed by atoms with Crippen LogP contribution in [0.4, 0.5) is 0 Å². The van der Waals surface area contributed by atoms with E-state index < -0.39 is 5.54 Å². The molecule has 1 unspecified atom stereocenters. The lowest BCUT2D eigenvalue weighted by atomic mass is 9.93. The maximum absolute atomic E-state index is 13.5. The predicted octanol–water partition coefficient (Wildman–Crippen LogP) is 1.76. The number of hydrogen-bond donors (Lipinski definition) is 2. The van der Waals surface area contributed by atoms with Crippen LogP contribution >= 0.6 is 0 Å². The second-order valence-electron chi connectivity index (χ2n) is 10.4. The monoisotopic (exact) mass is 485 g/mol. The minimum Gasteiger partial charge on any atom is -0.355 e. The summed E-state index contributed by atoms with van der Waals surface area (Å²) in [7, 11) is 0. The molecule has 2 N–H and O–H groups in total. The predicted molar refractivity (Wildman–Crippen MR) is 138 cm³/mol. The van der Waals surface area contributed by atoms with Gasteiger partial charge < -0.3 is 20.4 Å². The van der Waals surface area contributed by atoms with Gasteiger partial charge >= 0.3 is 0 Å². The van der Waals surface area contributed by atoms with Crippen LogP contribution in [-0.4, -0.2) is 100 Å². The summed E-state index contributed by atoms with van der Waals surface area (Å²) in [5.41, 5.74) is 1.16. The van der Waals surface area contributed by atoms with Crippen molar-refractivity contribution < 1.29 is 9.59 Å². The van der Waals surface area contributed by atoms with Crippen molar-refractivity contribution in [3.8, 4) is 0 Å². The number of aromatic nitrogens is 2. The molecule has 3 aliphatic rings. The molecule has 0 radical (unpaired) electrons. The summed E-state index contributed by atoms with van der Waals surface area (Å²) < 4.78 is 1.79. The van der Waals surface area contributed by atoms with Crippen LogP contribution < -0.4 is 10.6 Å². The van der Waals surface area contributed by atoms with Crippen LogP contribution in [0.5, 0.6) is 0 Å². The molecular formula is C26H43N7O2. The van der Waals surface area contributed by atoms with Gasteiger partial charge in [0.2, 0.25) is 5.91 Å². The SMILES string of the molecule is C=C1c2cc(C(=O)NCCN3CCN(CC)CC3)nn2CC(C)(C(=O)NC2CCCC2)N1CCC. The van der Waals surface area contributed by atoms with Crippen LogP contribution in [0, 0.1) is 0 Å². The second kappa shape index (κ2) is 11.1. The average Bonchev–Trinajstić information content (AvgIpc) is 3.52. The fraction of sp³-hybridized carbons (Fsp3) is 0.731. The van der Waals surface area contributed by atoms with Gasteiger partial charge in [0.1, 0.15) is 5.54 Å². The third-order valence-corrected chi connectivity index (χ3v) is 7.94. The third-order valence-electron chi connectivity index (χ3n) is 7.94. The van der Waals surface area contributed by atoms with Crippen LogP contribution in [0.15, 0.2) is 12.6 Å². The molecule has 1 saturated heterocycles. The van der Waals surface area contributed by atoms with Crippen molar-refractivity contribution >= 4 is 17.5 Å². The Morgan fingerprint density at radius 3 is 2.46 bits per heavy atom. The van der Waals surface area contributed by atoms with Crippen molar-refractivity contribution in [2.45, 2.75) is 71.0 Å². The lowest BCUT2D eigenvalue weighted by molar-refractivity contribution is -0.133. The van der Waals surface area contributed by atoms with E-state index in [0.29, 0.717) is 18.8 Å². The number of hydrogen-bond acceptors (Lipinski definition) is 6. The van der Waals surface area contributed by atoms with E-state index in [1.54, 1.807) is 4.68 Å². The summed E-state index contributed by atoms with van der Waals surface area (Å²) in [4.78, 5) is 33.3. The van der Waals surface area contributed by atoms with Crippen LogP contribution in [0.1, 0.15) is 69.1 Å². The van der Waals surface area contributed by atoms with Gasteiger partial charge in [-0.05, 0) is 38.8 Å². The summed E-state index contributed by atoms with van der Waals surface area (Å²) in [6.07, 6.45) is 5.33. The lowest BCUT2D eigenvalue weighted by Crippen LogP contribution is -2.62. The highest BCUT2D eigenvalue weighted by atomic mass is 16.2. The van der Waals surface area contributed by atoms with Gasteiger partial charge in [0.05, 0.1) is 17.9 Å². The quantitative estimate of drug-likeness (QED) is 0.555. The summed E-state index contributed by atoms with van der Waals surface area (Å²) in [6, 6.07) is 2.07. The highest BCUT2D eigenvalue weighted by Gasteiger charge is 2.46.